The van der Waals surface area contributed by atoms with Gasteiger partial charge in [-0.25, -0.2) is 4.98 Å². The first-order chi connectivity index (χ1) is 12.1. The van der Waals surface area contributed by atoms with Crippen LogP contribution < -0.4 is 10.2 Å². The van der Waals surface area contributed by atoms with Crippen LogP contribution in [0.2, 0.25) is 0 Å². The van der Waals surface area contributed by atoms with E-state index in [-0.39, 0.29) is 24.2 Å². The molecule has 1 saturated heterocycles. The molecule has 0 spiro atoms. The second-order valence-corrected chi connectivity index (χ2v) is 7.39. The van der Waals surface area contributed by atoms with Gasteiger partial charge in [0.15, 0.2) is 0 Å². The molecule has 0 bridgehead atoms. The van der Waals surface area contributed by atoms with Gasteiger partial charge in [0, 0.05) is 23.5 Å². The molecule has 0 saturated carbocycles. The SMILES string of the molecule is CSc1ccc(N2CC(C(=O)Nc3ccc(SC)nc3)CC2=O)cc1. The highest BCUT2D eigenvalue weighted by molar-refractivity contribution is 7.98. The monoisotopic (exact) mass is 373 g/mol. The van der Waals surface area contributed by atoms with E-state index >= 15 is 0 Å². The number of hydrogen-bond acceptors (Lipinski definition) is 5. The van der Waals surface area contributed by atoms with Crippen LogP contribution in [0.3, 0.4) is 0 Å². The van der Waals surface area contributed by atoms with E-state index in [0.717, 1.165) is 15.6 Å². The molecule has 1 aromatic heterocycles. The summed E-state index contributed by atoms with van der Waals surface area (Å²) in [5, 5.41) is 3.75. The number of anilines is 2. The molecule has 1 aliphatic rings. The average molecular weight is 374 g/mol. The van der Waals surface area contributed by atoms with Gasteiger partial charge in [-0.2, -0.15) is 0 Å². The quantitative estimate of drug-likeness (QED) is 0.813. The van der Waals surface area contributed by atoms with Gasteiger partial charge in [0.2, 0.25) is 11.8 Å². The fourth-order valence-electron chi connectivity index (χ4n) is 2.71. The summed E-state index contributed by atoms with van der Waals surface area (Å²) in [4.78, 5) is 31.8. The lowest BCUT2D eigenvalue weighted by Crippen LogP contribution is -2.28. The van der Waals surface area contributed by atoms with E-state index in [1.165, 1.54) is 0 Å². The van der Waals surface area contributed by atoms with E-state index < -0.39 is 0 Å². The maximum Gasteiger partial charge on any atom is 0.229 e. The van der Waals surface area contributed by atoms with Crippen molar-refractivity contribution in [2.24, 2.45) is 5.92 Å². The molecule has 3 rings (SSSR count). The van der Waals surface area contributed by atoms with Crippen LogP contribution in [0.25, 0.3) is 0 Å². The molecule has 1 N–H and O–H groups in total. The number of aromatic nitrogens is 1. The largest absolute Gasteiger partial charge is 0.324 e. The number of nitrogens with zero attached hydrogens (tertiary/aromatic N) is 2. The molecule has 2 amide bonds. The number of rotatable bonds is 5. The second-order valence-electron chi connectivity index (χ2n) is 5.68. The predicted octanol–water partition coefficient (Wildman–Crippen LogP) is 3.52. The molecule has 0 radical (unpaired) electrons. The molecule has 1 unspecified atom stereocenters. The first kappa shape index (κ1) is 17.8. The van der Waals surface area contributed by atoms with Gasteiger partial charge in [-0.1, -0.05) is 0 Å². The molecule has 25 heavy (non-hydrogen) atoms. The van der Waals surface area contributed by atoms with Crippen molar-refractivity contribution in [1.29, 1.82) is 0 Å². The standard InChI is InChI=1S/C18H19N3O2S2/c1-24-15-6-4-14(5-7-15)21-11-12(9-17(21)22)18(23)20-13-3-8-16(25-2)19-10-13/h3-8,10,12H,9,11H2,1-2H3,(H,20,23). The van der Waals surface area contributed by atoms with Crippen LogP contribution in [0.4, 0.5) is 11.4 Å². The molecule has 2 heterocycles. The molecule has 130 valence electrons. The van der Waals surface area contributed by atoms with Gasteiger partial charge in [-0.3, -0.25) is 9.59 Å². The van der Waals surface area contributed by atoms with E-state index in [1.807, 2.05) is 48.9 Å². The molecule has 2 aromatic rings. The minimum Gasteiger partial charge on any atom is -0.324 e. The summed E-state index contributed by atoms with van der Waals surface area (Å²) < 4.78 is 0. The third kappa shape index (κ3) is 4.16. The zero-order valence-corrected chi connectivity index (χ0v) is 15.7. The van der Waals surface area contributed by atoms with Crippen molar-refractivity contribution in [2.75, 3.05) is 29.3 Å². The highest BCUT2D eigenvalue weighted by atomic mass is 32.2. The van der Waals surface area contributed by atoms with E-state index in [1.54, 1.807) is 34.6 Å². The zero-order valence-electron chi connectivity index (χ0n) is 14.1. The van der Waals surface area contributed by atoms with Crippen LogP contribution in [0, 0.1) is 5.92 Å². The second kappa shape index (κ2) is 7.93. The van der Waals surface area contributed by atoms with Crippen LogP contribution in [-0.2, 0) is 9.59 Å². The lowest BCUT2D eigenvalue weighted by molar-refractivity contribution is -0.122. The van der Waals surface area contributed by atoms with E-state index in [9.17, 15) is 9.59 Å². The third-order valence-corrected chi connectivity index (χ3v) is 5.50. The Kier molecular flexibility index (Phi) is 5.65. The Bertz CT molecular complexity index is 763. The Morgan fingerprint density at radius 2 is 1.92 bits per heavy atom. The van der Waals surface area contributed by atoms with Crippen molar-refractivity contribution in [3.8, 4) is 0 Å². The van der Waals surface area contributed by atoms with Crippen molar-refractivity contribution in [2.45, 2.75) is 16.3 Å². The molecular weight excluding hydrogens is 354 g/mol. The molecule has 0 aliphatic carbocycles. The molecule has 7 heteroatoms. The molecular formula is C18H19N3O2S2. The summed E-state index contributed by atoms with van der Waals surface area (Å²) >= 11 is 3.20. The molecule has 1 atom stereocenters. The number of hydrogen-bond donors (Lipinski definition) is 1. The van der Waals surface area contributed by atoms with Crippen LogP contribution in [0.15, 0.2) is 52.5 Å². The summed E-state index contributed by atoms with van der Waals surface area (Å²) in [5.74, 6) is -0.517. The zero-order chi connectivity index (χ0) is 17.8. The van der Waals surface area contributed by atoms with Gasteiger partial charge in [-0.05, 0) is 48.9 Å². The van der Waals surface area contributed by atoms with Gasteiger partial charge in [0.05, 0.1) is 22.8 Å². The third-order valence-electron chi connectivity index (χ3n) is 4.09. The fraction of sp³-hybridized carbons (Fsp3) is 0.278. The first-order valence-electron chi connectivity index (χ1n) is 7.86. The summed E-state index contributed by atoms with van der Waals surface area (Å²) in [6.45, 7) is 0.402. The van der Waals surface area contributed by atoms with Gasteiger partial charge >= 0.3 is 0 Å². The smallest absolute Gasteiger partial charge is 0.229 e. The fourth-order valence-corrected chi connectivity index (χ4v) is 3.48. The molecule has 1 aliphatic heterocycles. The van der Waals surface area contributed by atoms with Gasteiger partial charge in [0.25, 0.3) is 0 Å². The number of nitrogens with one attached hydrogen (secondary N) is 1. The minimum atomic E-state index is -0.354. The van der Waals surface area contributed by atoms with Crippen molar-refractivity contribution in [3.05, 3.63) is 42.6 Å². The van der Waals surface area contributed by atoms with Crippen LogP contribution in [0.5, 0.6) is 0 Å². The van der Waals surface area contributed by atoms with Gasteiger partial charge in [-0.15, -0.1) is 23.5 Å². The normalized spacial score (nSPS) is 17.0. The minimum absolute atomic E-state index is 0.0205. The maximum atomic E-state index is 12.5. The van der Waals surface area contributed by atoms with E-state index in [4.69, 9.17) is 0 Å². The molecule has 1 aromatic carbocycles. The Morgan fingerprint density at radius 3 is 2.52 bits per heavy atom. The number of carbonyl (C=O) groups excluding carboxylic acids is 2. The Morgan fingerprint density at radius 1 is 1.16 bits per heavy atom. The molecule has 1 fully saturated rings. The number of amides is 2. The Labute approximate surface area is 155 Å². The lowest BCUT2D eigenvalue weighted by Gasteiger charge is -2.17. The van der Waals surface area contributed by atoms with Gasteiger partial charge < -0.3 is 10.2 Å². The first-order valence-corrected chi connectivity index (χ1v) is 10.3. The van der Waals surface area contributed by atoms with Crippen LogP contribution in [0.1, 0.15) is 6.42 Å². The van der Waals surface area contributed by atoms with Crippen molar-refractivity contribution in [3.63, 3.8) is 0 Å². The lowest BCUT2D eigenvalue weighted by atomic mass is 10.1. The Hall–Kier alpha value is -1.99. The van der Waals surface area contributed by atoms with Crippen LogP contribution >= 0.6 is 23.5 Å². The highest BCUT2D eigenvalue weighted by Crippen LogP contribution is 2.28. The molecule has 5 nitrogen and oxygen atoms in total. The number of benzene rings is 1. The van der Waals surface area contributed by atoms with E-state index in [2.05, 4.69) is 10.3 Å². The summed E-state index contributed by atoms with van der Waals surface area (Å²) in [7, 11) is 0. The topological polar surface area (TPSA) is 62.3 Å². The number of carbonyl (C=O) groups is 2. The number of thioether (sulfide) groups is 2. The van der Waals surface area contributed by atoms with Gasteiger partial charge in [0.1, 0.15) is 0 Å². The van der Waals surface area contributed by atoms with Crippen molar-refractivity contribution in [1.82, 2.24) is 4.98 Å². The van der Waals surface area contributed by atoms with Crippen LogP contribution in [-0.4, -0.2) is 35.9 Å². The summed E-state index contributed by atoms with van der Waals surface area (Å²) in [5.41, 5.74) is 1.49. The maximum absolute atomic E-state index is 12.5. The number of pyridine rings is 1. The summed E-state index contributed by atoms with van der Waals surface area (Å²) in [6, 6.07) is 11.5. The van der Waals surface area contributed by atoms with E-state index in [0.29, 0.717) is 12.2 Å². The average Bonchev–Trinajstić information content (AvgIpc) is 3.04. The van der Waals surface area contributed by atoms with Crippen molar-refractivity contribution >= 4 is 46.7 Å². The predicted molar refractivity (Wildman–Crippen MR) is 103 cm³/mol. The summed E-state index contributed by atoms with van der Waals surface area (Å²) in [6.07, 6.45) is 5.83. The Balaban J connectivity index is 1.65. The van der Waals surface area contributed by atoms with Crippen molar-refractivity contribution < 1.29 is 9.59 Å². The highest BCUT2D eigenvalue weighted by Gasteiger charge is 2.35.